The molecule has 92 valence electrons. The summed E-state index contributed by atoms with van der Waals surface area (Å²) in [6.07, 6.45) is -1.57. The molecular weight excluding hydrogens is 234 g/mol. The van der Waals surface area contributed by atoms with Crippen LogP contribution in [0.2, 0.25) is 0 Å². The standard InChI is InChI=1S/C16H13N3/c1-19-11-16(9-17,10-18)8-13-6-2-4-12-5-3-7-14(19)15(12)13/h2-7H,8,11H2,1H3/i1D3,8D,11D2. The van der Waals surface area contributed by atoms with E-state index >= 15 is 0 Å². The predicted molar refractivity (Wildman–Crippen MR) is 74.6 cm³/mol. The lowest BCUT2D eigenvalue weighted by Crippen LogP contribution is -2.33. The highest BCUT2D eigenvalue weighted by Gasteiger charge is 2.35. The van der Waals surface area contributed by atoms with E-state index in [0.29, 0.717) is 15.7 Å². The van der Waals surface area contributed by atoms with Gasteiger partial charge in [-0.15, -0.1) is 0 Å². The summed E-state index contributed by atoms with van der Waals surface area (Å²) in [6, 6.07) is 12.9. The zero-order valence-electron chi connectivity index (χ0n) is 15.9. The molecule has 0 saturated carbocycles. The first-order valence-electron chi connectivity index (χ1n) is 8.76. The Balaban J connectivity index is 2.56. The monoisotopic (exact) mass is 253 g/mol. The number of benzene rings is 2. The van der Waals surface area contributed by atoms with Crippen molar-refractivity contribution in [1.29, 1.82) is 10.5 Å². The zero-order valence-corrected chi connectivity index (χ0v) is 9.88. The first kappa shape index (κ1) is 6.59. The van der Waals surface area contributed by atoms with Gasteiger partial charge in [0.1, 0.15) is 0 Å². The Morgan fingerprint density at radius 2 is 2.00 bits per heavy atom. The van der Waals surface area contributed by atoms with Crippen LogP contribution in [-0.4, -0.2) is 13.5 Å². The number of rotatable bonds is 0. The van der Waals surface area contributed by atoms with Crippen molar-refractivity contribution in [1.82, 2.24) is 0 Å². The lowest BCUT2D eigenvalue weighted by atomic mass is 9.84. The van der Waals surface area contributed by atoms with Crippen LogP contribution >= 0.6 is 0 Å². The predicted octanol–water partition coefficient (Wildman–Crippen LogP) is 2.87. The maximum absolute atomic E-state index is 9.65. The number of nitrogens with zero attached hydrogens (tertiary/aromatic N) is 3. The largest absolute Gasteiger partial charge is 0.371 e. The molecule has 0 N–H and O–H groups in total. The second-order valence-corrected chi connectivity index (χ2v) is 4.35. The third-order valence-corrected chi connectivity index (χ3v) is 3.17. The number of hydrogen-bond acceptors (Lipinski definition) is 3. The molecule has 0 radical (unpaired) electrons. The van der Waals surface area contributed by atoms with Gasteiger partial charge >= 0.3 is 0 Å². The van der Waals surface area contributed by atoms with Crippen molar-refractivity contribution in [3.8, 4) is 12.1 Å². The number of hydrogen-bond donors (Lipinski definition) is 0. The molecule has 1 atom stereocenters. The lowest BCUT2D eigenvalue weighted by Gasteiger charge is -2.24. The normalized spacial score (nSPS) is 28.3. The highest BCUT2D eigenvalue weighted by molar-refractivity contribution is 5.97. The molecular formula is C16H13N3. The van der Waals surface area contributed by atoms with Crippen molar-refractivity contribution in [3.05, 3.63) is 42.0 Å². The van der Waals surface area contributed by atoms with Gasteiger partial charge in [0.15, 0.2) is 5.41 Å². The summed E-state index contributed by atoms with van der Waals surface area (Å²) in [7, 11) is 0. The maximum atomic E-state index is 9.65. The highest BCUT2D eigenvalue weighted by Crippen LogP contribution is 2.37. The number of nitriles is 2. The lowest BCUT2D eigenvalue weighted by molar-refractivity contribution is 0.525. The molecule has 0 aliphatic carbocycles. The van der Waals surface area contributed by atoms with Gasteiger partial charge < -0.3 is 4.90 Å². The van der Waals surface area contributed by atoms with Gasteiger partial charge in [-0.3, -0.25) is 0 Å². The molecule has 3 nitrogen and oxygen atoms in total. The molecule has 1 unspecified atom stereocenters. The van der Waals surface area contributed by atoms with Gasteiger partial charge in [-0.25, -0.2) is 0 Å². The van der Waals surface area contributed by atoms with E-state index in [4.69, 9.17) is 8.22 Å². The van der Waals surface area contributed by atoms with Gasteiger partial charge in [0.2, 0.25) is 0 Å². The molecule has 0 bridgehead atoms. The summed E-state index contributed by atoms with van der Waals surface area (Å²) in [5, 5.41) is 20.3. The van der Waals surface area contributed by atoms with E-state index in [0.717, 1.165) is 0 Å². The first-order chi connectivity index (χ1) is 11.6. The Hall–Kier alpha value is -2.52. The smallest absolute Gasteiger partial charge is 0.165 e. The second-order valence-electron chi connectivity index (χ2n) is 4.35. The molecule has 0 amide bonds. The summed E-state index contributed by atoms with van der Waals surface area (Å²) in [4.78, 5) is 0.493. The van der Waals surface area contributed by atoms with E-state index in [1.54, 1.807) is 36.4 Å². The molecule has 0 aromatic heterocycles. The van der Waals surface area contributed by atoms with Crippen LogP contribution in [0.3, 0.4) is 0 Å². The molecule has 0 fully saturated rings. The number of anilines is 1. The Morgan fingerprint density at radius 1 is 1.26 bits per heavy atom. The fourth-order valence-electron chi connectivity index (χ4n) is 2.30. The van der Waals surface area contributed by atoms with Crippen LogP contribution in [-0.2, 0) is 6.40 Å². The molecule has 1 heterocycles. The van der Waals surface area contributed by atoms with Crippen molar-refractivity contribution in [2.45, 2.75) is 6.40 Å². The van der Waals surface area contributed by atoms with Crippen LogP contribution in [0.15, 0.2) is 36.4 Å². The van der Waals surface area contributed by atoms with Crippen LogP contribution in [0, 0.1) is 28.1 Å². The highest BCUT2D eigenvalue weighted by atomic mass is 15.1. The SMILES string of the molecule is [2H]C1c2cccc3cccc(c23)N(C([2H])([2H])[2H])C([2H])([2H])C1(C#N)C#N. The first-order valence-corrected chi connectivity index (χ1v) is 5.68. The summed E-state index contributed by atoms with van der Waals surface area (Å²) >= 11 is 0. The van der Waals surface area contributed by atoms with Gasteiger partial charge in [0.05, 0.1) is 14.9 Å². The van der Waals surface area contributed by atoms with Crippen molar-refractivity contribution >= 4 is 16.5 Å². The summed E-state index contributed by atoms with van der Waals surface area (Å²) in [5.74, 6) is 0. The van der Waals surface area contributed by atoms with Crippen LogP contribution in [0.1, 0.15) is 13.8 Å². The van der Waals surface area contributed by atoms with Crippen LogP contribution in [0.5, 0.6) is 0 Å². The molecule has 1 aliphatic rings. The zero-order chi connectivity index (χ0) is 18.6. The van der Waals surface area contributed by atoms with Crippen LogP contribution < -0.4 is 4.90 Å². The average molecular weight is 253 g/mol. The topological polar surface area (TPSA) is 50.8 Å². The van der Waals surface area contributed by atoms with Crippen molar-refractivity contribution in [2.24, 2.45) is 5.41 Å². The van der Waals surface area contributed by atoms with Gasteiger partial charge in [-0.05, 0) is 17.0 Å². The van der Waals surface area contributed by atoms with E-state index in [9.17, 15) is 10.5 Å². The average Bonchev–Trinajstić information content (AvgIpc) is 2.59. The Morgan fingerprint density at radius 3 is 2.68 bits per heavy atom. The molecule has 1 aliphatic heterocycles. The Labute approximate surface area is 120 Å². The summed E-state index contributed by atoms with van der Waals surface area (Å²) < 4.78 is 48.8. The summed E-state index contributed by atoms with van der Waals surface area (Å²) in [5.41, 5.74) is -2.22. The molecule has 3 rings (SSSR count). The van der Waals surface area contributed by atoms with Gasteiger partial charge in [0, 0.05) is 36.4 Å². The van der Waals surface area contributed by atoms with Crippen molar-refractivity contribution < 1.29 is 8.22 Å². The summed E-state index contributed by atoms with van der Waals surface area (Å²) in [6.45, 7) is -5.87. The van der Waals surface area contributed by atoms with E-state index in [1.807, 2.05) is 0 Å². The maximum Gasteiger partial charge on any atom is 0.165 e. The molecule has 2 aromatic carbocycles. The van der Waals surface area contributed by atoms with E-state index in [-0.39, 0.29) is 11.3 Å². The van der Waals surface area contributed by atoms with Crippen LogP contribution in [0.25, 0.3) is 10.8 Å². The molecule has 3 heteroatoms. The van der Waals surface area contributed by atoms with Crippen LogP contribution in [0.4, 0.5) is 5.69 Å². The van der Waals surface area contributed by atoms with Crippen molar-refractivity contribution in [2.75, 3.05) is 18.4 Å². The molecule has 19 heavy (non-hydrogen) atoms. The third kappa shape index (κ3) is 1.63. The van der Waals surface area contributed by atoms with Gasteiger partial charge in [0.25, 0.3) is 0 Å². The molecule has 0 spiro atoms. The minimum atomic E-state index is -2.95. The molecule has 2 aromatic rings. The van der Waals surface area contributed by atoms with Gasteiger partial charge in [-0.1, -0.05) is 30.3 Å². The second kappa shape index (κ2) is 4.00. The van der Waals surface area contributed by atoms with E-state index in [2.05, 4.69) is 0 Å². The third-order valence-electron chi connectivity index (χ3n) is 3.17. The van der Waals surface area contributed by atoms with E-state index in [1.165, 1.54) is 12.1 Å². The van der Waals surface area contributed by atoms with E-state index < -0.39 is 25.3 Å². The minimum Gasteiger partial charge on any atom is -0.371 e. The fourth-order valence-corrected chi connectivity index (χ4v) is 2.30. The minimum absolute atomic E-state index is 0.0442. The van der Waals surface area contributed by atoms with Gasteiger partial charge in [-0.2, -0.15) is 10.5 Å². The quantitative estimate of drug-likeness (QED) is 0.725. The fraction of sp³-hybridized carbons (Fsp3) is 0.250. The Kier molecular flexibility index (Phi) is 1.39. The van der Waals surface area contributed by atoms with Crippen molar-refractivity contribution in [3.63, 3.8) is 0 Å². The molecule has 0 saturated heterocycles. The Bertz CT molecular complexity index is 918.